The highest BCUT2D eigenvalue weighted by Crippen LogP contribution is 2.39. The van der Waals surface area contributed by atoms with Crippen molar-refractivity contribution in [2.75, 3.05) is 0 Å². The Morgan fingerprint density at radius 2 is 0.903 bits per heavy atom. The van der Waals surface area contributed by atoms with Gasteiger partial charge in [-0.25, -0.2) is 0 Å². The van der Waals surface area contributed by atoms with Gasteiger partial charge in [0.25, 0.3) is 0 Å². The lowest BCUT2D eigenvalue weighted by molar-refractivity contribution is 0.409. The Bertz CT molecular complexity index is 709. The van der Waals surface area contributed by atoms with Crippen LogP contribution in [0.1, 0.15) is 107 Å². The lowest BCUT2D eigenvalue weighted by Crippen LogP contribution is -2.04. The minimum Gasteiger partial charge on any atom is -0.508 e. The molecule has 31 heavy (non-hydrogen) atoms. The van der Waals surface area contributed by atoms with Gasteiger partial charge in [-0.05, 0) is 73.9 Å². The van der Waals surface area contributed by atoms with Crippen molar-refractivity contribution < 1.29 is 20.4 Å². The van der Waals surface area contributed by atoms with Gasteiger partial charge >= 0.3 is 0 Å². The highest BCUT2D eigenvalue weighted by molar-refractivity contribution is 5.41. The summed E-state index contributed by atoms with van der Waals surface area (Å²) in [5.41, 5.74) is 1.84. The van der Waals surface area contributed by atoms with Crippen LogP contribution < -0.4 is 0 Å². The molecular formula is C27H40O4. The van der Waals surface area contributed by atoms with Crippen molar-refractivity contribution >= 4 is 0 Å². The van der Waals surface area contributed by atoms with E-state index in [9.17, 15) is 20.4 Å². The highest BCUT2D eigenvalue weighted by atomic mass is 16.3. The molecule has 0 atom stereocenters. The molecule has 0 unspecified atom stereocenters. The standard InChI is InChI=1S/2C12H16O2.C3H8/c2*13-10-6-7-12(14)11(8-10)9-4-2-1-3-5-9;1-3-2/h2*6-9,13-14H,1-5H2;3H2,1-2H3. The molecular weight excluding hydrogens is 388 g/mol. The average Bonchev–Trinajstić information content (AvgIpc) is 2.79. The van der Waals surface area contributed by atoms with Gasteiger partial charge < -0.3 is 20.4 Å². The number of phenols is 4. The first-order valence-electron chi connectivity index (χ1n) is 12.0. The second kappa shape index (κ2) is 13.1. The third kappa shape index (κ3) is 8.01. The maximum absolute atomic E-state index is 9.68. The van der Waals surface area contributed by atoms with E-state index in [2.05, 4.69) is 13.8 Å². The van der Waals surface area contributed by atoms with Crippen LogP contribution >= 0.6 is 0 Å². The average molecular weight is 429 g/mol. The Balaban J connectivity index is 0.000000196. The summed E-state index contributed by atoms with van der Waals surface area (Å²) < 4.78 is 0. The summed E-state index contributed by atoms with van der Waals surface area (Å²) in [6.07, 6.45) is 13.3. The molecule has 0 bridgehead atoms. The van der Waals surface area contributed by atoms with Crippen LogP contribution in [0.25, 0.3) is 0 Å². The molecule has 2 aliphatic carbocycles. The van der Waals surface area contributed by atoms with Crippen molar-refractivity contribution in [2.45, 2.75) is 96.3 Å². The Morgan fingerprint density at radius 3 is 1.23 bits per heavy atom. The smallest absolute Gasteiger partial charge is 0.119 e. The van der Waals surface area contributed by atoms with Gasteiger partial charge in [-0.1, -0.05) is 58.8 Å². The van der Waals surface area contributed by atoms with Crippen molar-refractivity contribution in [3.63, 3.8) is 0 Å². The number of aromatic hydroxyl groups is 4. The number of hydrogen-bond acceptors (Lipinski definition) is 4. The zero-order chi connectivity index (χ0) is 22.6. The normalized spacial score (nSPS) is 17.1. The summed E-state index contributed by atoms with van der Waals surface area (Å²) in [5.74, 6) is 2.04. The summed E-state index contributed by atoms with van der Waals surface area (Å²) in [6.45, 7) is 4.25. The van der Waals surface area contributed by atoms with E-state index in [1.807, 2.05) is 0 Å². The van der Waals surface area contributed by atoms with E-state index in [1.54, 1.807) is 24.3 Å². The Kier molecular flexibility index (Phi) is 10.6. The fourth-order valence-electron chi connectivity index (χ4n) is 4.56. The van der Waals surface area contributed by atoms with Gasteiger partial charge in [0, 0.05) is 11.1 Å². The van der Waals surface area contributed by atoms with Gasteiger partial charge in [-0.2, -0.15) is 0 Å². The van der Waals surface area contributed by atoms with Crippen LogP contribution in [0.3, 0.4) is 0 Å². The first-order valence-corrected chi connectivity index (χ1v) is 12.0. The maximum Gasteiger partial charge on any atom is 0.119 e. The van der Waals surface area contributed by atoms with E-state index < -0.39 is 0 Å². The van der Waals surface area contributed by atoms with Crippen molar-refractivity contribution in [3.8, 4) is 23.0 Å². The third-order valence-corrected chi connectivity index (χ3v) is 6.11. The molecule has 0 amide bonds. The van der Waals surface area contributed by atoms with Crippen LogP contribution in [0, 0.1) is 0 Å². The van der Waals surface area contributed by atoms with Gasteiger partial charge in [0.15, 0.2) is 0 Å². The SMILES string of the molecule is CCC.Oc1ccc(O)c(C2CCCCC2)c1.Oc1ccc(O)c(C2CCCCC2)c1. The number of rotatable bonds is 2. The number of benzene rings is 2. The predicted molar refractivity (Wildman–Crippen MR) is 127 cm³/mol. The van der Waals surface area contributed by atoms with Crippen LogP contribution in [0.15, 0.2) is 36.4 Å². The molecule has 172 valence electrons. The zero-order valence-corrected chi connectivity index (χ0v) is 19.2. The van der Waals surface area contributed by atoms with Crippen LogP contribution in [-0.2, 0) is 0 Å². The zero-order valence-electron chi connectivity index (χ0n) is 19.2. The fourth-order valence-corrected chi connectivity index (χ4v) is 4.56. The lowest BCUT2D eigenvalue weighted by atomic mass is 9.83. The topological polar surface area (TPSA) is 80.9 Å². The maximum atomic E-state index is 9.68. The molecule has 0 heterocycles. The van der Waals surface area contributed by atoms with E-state index >= 15 is 0 Å². The quantitative estimate of drug-likeness (QED) is 0.369. The van der Waals surface area contributed by atoms with Crippen LogP contribution in [0.5, 0.6) is 23.0 Å². The first kappa shape index (κ1) is 24.9. The molecule has 4 rings (SSSR count). The molecule has 2 fully saturated rings. The number of phenolic OH excluding ortho intramolecular Hbond substituents is 4. The van der Waals surface area contributed by atoms with E-state index in [0.29, 0.717) is 23.3 Å². The Morgan fingerprint density at radius 1 is 0.581 bits per heavy atom. The minimum atomic E-state index is 0.253. The van der Waals surface area contributed by atoms with Crippen LogP contribution in [0.2, 0.25) is 0 Å². The summed E-state index contributed by atoms with van der Waals surface area (Å²) in [6, 6.07) is 9.62. The Hall–Kier alpha value is -2.36. The van der Waals surface area contributed by atoms with Gasteiger partial charge in [-0.15, -0.1) is 0 Å². The van der Waals surface area contributed by atoms with Crippen molar-refractivity contribution in [3.05, 3.63) is 47.5 Å². The van der Waals surface area contributed by atoms with Crippen molar-refractivity contribution in [1.29, 1.82) is 0 Å². The van der Waals surface area contributed by atoms with E-state index in [-0.39, 0.29) is 11.5 Å². The molecule has 0 aromatic heterocycles. The summed E-state index contributed by atoms with van der Waals surface area (Å²) >= 11 is 0. The summed E-state index contributed by atoms with van der Waals surface area (Å²) in [5, 5.41) is 38.1. The molecule has 0 radical (unpaired) electrons. The largest absolute Gasteiger partial charge is 0.508 e. The van der Waals surface area contributed by atoms with Gasteiger partial charge in [-0.3, -0.25) is 0 Å². The summed E-state index contributed by atoms with van der Waals surface area (Å²) in [4.78, 5) is 0. The van der Waals surface area contributed by atoms with E-state index in [4.69, 9.17) is 0 Å². The highest BCUT2D eigenvalue weighted by Gasteiger charge is 2.19. The van der Waals surface area contributed by atoms with E-state index in [1.165, 1.54) is 57.1 Å². The third-order valence-electron chi connectivity index (χ3n) is 6.11. The van der Waals surface area contributed by atoms with Crippen molar-refractivity contribution in [2.24, 2.45) is 0 Å². The van der Waals surface area contributed by atoms with Gasteiger partial charge in [0.2, 0.25) is 0 Å². The van der Waals surface area contributed by atoms with Gasteiger partial charge in [0.05, 0.1) is 0 Å². The van der Waals surface area contributed by atoms with Crippen LogP contribution in [0.4, 0.5) is 0 Å². The van der Waals surface area contributed by atoms with Crippen LogP contribution in [-0.4, -0.2) is 20.4 Å². The molecule has 4 heteroatoms. The van der Waals surface area contributed by atoms with E-state index in [0.717, 1.165) is 36.8 Å². The second-order valence-corrected chi connectivity index (χ2v) is 8.86. The summed E-state index contributed by atoms with van der Waals surface area (Å²) in [7, 11) is 0. The monoisotopic (exact) mass is 428 g/mol. The Labute approximate surface area is 187 Å². The van der Waals surface area contributed by atoms with Gasteiger partial charge in [0.1, 0.15) is 23.0 Å². The molecule has 4 nitrogen and oxygen atoms in total. The van der Waals surface area contributed by atoms with Crippen molar-refractivity contribution in [1.82, 2.24) is 0 Å². The molecule has 0 saturated heterocycles. The molecule has 0 spiro atoms. The number of hydrogen-bond donors (Lipinski definition) is 4. The fraction of sp³-hybridized carbons (Fsp3) is 0.556. The first-order chi connectivity index (χ1) is 15.0. The molecule has 2 aliphatic rings. The molecule has 2 saturated carbocycles. The minimum absolute atomic E-state index is 0.253. The predicted octanol–water partition coefficient (Wildman–Crippen LogP) is 7.71. The molecule has 0 aliphatic heterocycles. The lowest BCUT2D eigenvalue weighted by Gasteiger charge is -2.22. The molecule has 4 N–H and O–H groups in total. The molecule has 2 aromatic carbocycles. The second-order valence-electron chi connectivity index (χ2n) is 8.86. The molecule has 2 aromatic rings.